The molecule has 13 heavy (non-hydrogen) atoms. The minimum absolute atomic E-state index is 0.00323. The first-order chi connectivity index (χ1) is 5.78. The molecule has 0 aliphatic heterocycles. The summed E-state index contributed by atoms with van der Waals surface area (Å²) in [5, 5.41) is 0. The van der Waals surface area contributed by atoms with Crippen LogP contribution in [-0.4, -0.2) is 35.6 Å². The van der Waals surface area contributed by atoms with Gasteiger partial charge in [-0.3, -0.25) is 0 Å². The second-order valence-corrected chi connectivity index (χ2v) is 4.40. The van der Waals surface area contributed by atoms with E-state index in [9.17, 15) is 4.79 Å². The standard InChI is InChI=1S/C9H18ClNO2/c1-7(6-10)11(5)8(12)13-9(2,3)4/h7H,6H2,1-5H3. The monoisotopic (exact) mass is 207 g/mol. The molecule has 0 spiro atoms. The highest BCUT2D eigenvalue weighted by Crippen LogP contribution is 2.10. The molecule has 0 bridgehead atoms. The fourth-order valence-electron chi connectivity index (χ4n) is 0.617. The van der Waals surface area contributed by atoms with Gasteiger partial charge in [0.1, 0.15) is 5.60 Å². The molecule has 0 N–H and O–H groups in total. The summed E-state index contributed by atoms with van der Waals surface area (Å²) < 4.78 is 5.15. The molecule has 0 radical (unpaired) electrons. The molecule has 1 unspecified atom stereocenters. The molecule has 0 aliphatic rings. The van der Waals surface area contributed by atoms with Crippen LogP contribution in [0, 0.1) is 0 Å². The molecule has 0 heterocycles. The third-order valence-electron chi connectivity index (χ3n) is 1.57. The van der Waals surface area contributed by atoms with E-state index in [4.69, 9.17) is 16.3 Å². The minimum Gasteiger partial charge on any atom is -0.444 e. The second-order valence-electron chi connectivity index (χ2n) is 4.09. The molecule has 0 aromatic rings. The van der Waals surface area contributed by atoms with Crippen molar-refractivity contribution in [2.75, 3.05) is 12.9 Å². The van der Waals surface area contributed by atoms with Gasteiger partial charge in [-0.05, 0) is 27.7 Å². The normalized spacial score (nSPS) is 13.7. The lowest BCUT2D eigenvalue weighted by molar-refractivity contribution is 0.0251. The first-order valence-electron chi connectivity index (χ1n) is 4.29. The SMILES string of the molecule is CC(CCl)N(C)C(=O)OC(C)(C)C. The number of carbonyl (C=O) groups excluding carboxylic acids is 1. The van der Waals surface area contributed by atoms with Gasteiger partial charge in [0, 0.05) is 19.0 Å². The average Bonchev–Trinajstić information content (AvgIpc) is 1.98. The summed E-state index contributed by atoms with van der Waals surface area (Å²) >= 11 is 5.61. The number of ether oxygens (including phenoxy) is 1. The summed E-state index contributed by atoms with van der Waals surface area (Å²) in [4.78, 5) is 12.9. The van der Waals surface area contributed by atoms with Crippen LogP contribution in [0.4, 0.5) is 4.79 Å². The predicted molar refractivity (Wildman–Crippen MR) is 54.2 cm³/mol. The first kappa shape index (κ1) is 12.6. The Labute approximate surface area is 85.0 Å². The van der Waals surface area contributed by atoms with Crippen molar-refractivity contribution in [1.82, 2.24) is 4.90 Å². The van der Waals surface area contributed by atoms with Gasteiger partial charge in [-0.2, -0.15) is 0 Å². The van der Waals surface area contributed by atoms with Crippen molar-refractivity contribution in [2.45, 2.75) is 39.3 Å². The topological polar surface area (TPSA) is 29.5 Å². The summed E-state index contributed by atoms with van der Waals surface area (Å²) in [6.45, 7) is 7.38. The molecule has 3 nitrogen and oxygen atoms in total. The molecule has 1 amide bonds. The molecule has 0 aliphatic carbocycles. The zero-order valence-corrected chi connectivity index (χ0v) is 9.68. The predicted octanol–water partition coefficient (Wildman–Crippen LogP) is 2.48. The van der Waals surface area contributed by atoms with E-state index < -0.39 is 5.60 Å². The second kappa shape index (κ2) is 4.70. The maximum absolute atomic E-state index is 11.4. The van der Waals surface area contributed by atoms with Crippen LogP contribution in [-0.2, 0) is 4.74 Å². The highest BCUT2D eigenvalue weighted by molar-refractivity contribution is 6.18. The van der Waals surface area contributed by atoms with Crippen LogP contribution in [0.5, 0.6) is 0 Å². The van der Waals surface area contributed by atoms with Crippen LogP contribution < -0.4 is 0 Å². The molecule has 1 atom stereocenters. The number of hydrogen-bond acceptors (Lipinski definition) is 2. The van der Waals surface area contributed by atoms with Gasteiger partial charge in [0.15, 0.2) is 0 Å². The number of carbonyl (C=O) groups is 1. The van der Waals surface area contributed by atoms with Crippen LogP contribution in [0.15, 0.2) is 0 Å². The zero-order valence-electron chi connectivity index (χ0n) is 8.93. The summed E-state index contributed by atoms with van der Waals surface area (Å²) in [7, 11) is 1.68. The van der Waals surface area contributed by atoms with E-state index in [1.165, 1.54) is 4.90 Å². The molecule has 0 rings (SSSR count). The summed E-state index contributed by atoms with van der Waals surface area (Å²) in [6.07, 6.45) is -0.333. The summed E-state index contributed by atoms with van der Waals surface area (Å²) in [6, 6.07) is -0.00323. The maximum Gasteiger partial charge on any atom is 0.410 e. The Balaban J connectivity index is 4.12. The maximum atomic E-state index is 11.4. The quantitative estimate of drug-likeness (QED) is 0.652. The molecule has 0 saturated heterocycles. The molecule has 4 heteroatoms. The lowest BCUT2D eigenvalue weighted by Crippen LogP contribution is -2.40. The Morgan fingerprint density at radius 1 is 1.54 bits per heavy atom. The van der Waals surface area contributed by atoms with Gasteiger partial charge in [0.25, 0.3) is 0 Å². The lowest BCUT2D eigenvalue weighted by atomic mass is 10.2. The fourth-order valence-corrected chi connectivity index (χ4v) is 0.824. The zero-order chi connectivity index (χ0) is 10.6. The number of nitrogens with zero attached hydrogens (tertiary/aromatic N) is 1. The van der Waals surface area contributed by atoms with E-state index in [0.717, 1.165) is 0 Å². The molecule has 0 saturated carbocycles. The Bertz CT molecular complexity index is 177. The van der Waals surface area contributed by atoms with Gasteiger partial charge < -0.3 is 9.64 Å². The highest BCUT2D eigenvalue weighted by atomic mass is 35.5. The molecule has 0 fully saturated rings. The third-order valence-corrected chi connectivity index (χ3v) is 2.01. The van der Waals surface area contributed by atoms with Crippen LogP contribution in [0.2, 0.25) is 0 Å². The molecule has 78 valence electrons. The van der Waals surface area contributed by atoms with Gasteiger partial charge in [-0.1, -0.05) is 0 Å². The summed E-state index contributed by atoms with van der Waals surface area (Å²) in [5.41, 5.74) is -0.447. The Hall–Kier alpha value is -0.440. The van der Waals surface area contributed by atoms with Crippen LogP contribution in [0.3, 0.4) is 0 Å². The van der Waals surface area contributed by atoms with Gasteiger partial charge >= 0.3 is 6.09 Å². The van der Waals surface area contributed by atoms with E-state index in [-0.39, 0.29) is 12.1 Å². The number of rotatable bonds is 2. The van der Waals surface area contributed by atoms with E-state index in [1.807, 2.05) is 27.7 Å². The molecular formula is C9H18ClNO2. The Kier molecular flexibility index (Phi) is 4.54. The number of hydrogen-bond donors (Lipinski definition) is 0. The van der Waals surface area contributed by atoms with Gasteiger partial charge in [-0.25, -0.2) is 4.79 Å². The van der Waals surface area contributed by atoms with E-state index >= 15 is 0 Å². The van der Waals surface area contributed by atoms with Crippen LogP contribution >= 0.6 is 11.6 Å². The van der Waals surface area contributed by atoms with Crippen molar-refractivity contribution in [3.05, 3.63) is 0 Å². The molecular weight excluding hydrogens is 190 g/mol. The number of alkyl halides is 1. The van der Waals surface area contributed by atoms with Crippen molar-refractivity contribution < 1.29 is 9.53 Å². The van der Waals surface area contributed by atoms with E-state index in [2.05, 4.69) is 0 Å². The fraction of sp³-hybridized carbons (Fsp3) is 0.889. The van der Waals surface area contributed by atoms with Crippen molar-refractivity contribution in [3.8, 4) is 0 Å². The summed E-state index contributed by atoms with van der Waals surface area (Å²) in [5.74, 6) is 0.412. The molecule has 0 aromatic carbocycles. The minimum atomic E-state index is -0.447. The lowest BCUT2D eigenvalue weighted by Gasteiger charge is -2.27. The molecule has 0 aromatic heterocycles. The van der Waals surface area contributed by atoms with E-state index in [1.54, 1.807) is 7.05 Å². The number of halogens is 1. The smallest absolute Gasteiger partial charge is 0.410 e. The van der Waals surface area contributed by atoms with Gasteiger partial charge in [0.2, 0.25) is 0 Å². The van der Waals surface area contributed by atoms with Crippen molar-refractivity contribution in [1.29, 1.82) is 0 Å². The highest BCUT2D eigenvalue weighted by Gasteiger charge is 2.22. The van der Waals surface area contributed by atoms with Gasteiger partial charge in [-0.15, -0.1) is 11.6 Å². The van der Waals surface area contributed by atoms with Crippen LogP contribution in [0.25, 0.3) is 0 Å². The van der Waals surface area contributed by atoms with Crippen molar-refractivity contribution in [2.24, 2.45) is 0 Å². The van der Waals surface area contributed by atoms with Crippen molar-refractivity contribution >= 4 is 17.7 Å². The van der Waals surface area contributed by atoms with Crippen molar-refractivity contribution in [3.63, 3.8) is 0 Å². The Morgan fingerprint density at radius 3 is 2.31 bits per heavy atom. The first-order valence-corrected chi connectivity index (χ1v) is 4.83. The number of amides is 1. The van der Waals surface area contributed by atoms with Gasteiger partial charge in [0.05, 0.1) is 0 Å². The van der Waals surface area contributed by atoms with E-state index in [0.29, 0.717) is 5.88 Å². The third kappa shape index (κ3) is 4.98. The average molecular weight is 208 g/mol. The van der Waals surface area contributed by atoms with Crippen LogP contribution in [0.1, 0.15) is 27.7 Å². The largest absolute Gasteiger partial charge is 0.444 e. The Morgan fingerprint density at radius 2 is 2.00 bits per heavy atom.